The predicted octanol–water partition coefficient (Wildman–Crippen LogP) is 4.60. The van der Waals surface area contributed by atoms with Crippen molar-refractivity contribution in [3.63, 3.8) is 0 Å². The van der Waals surface area contributed by atoms with Gasteiger partial charge in [-0.3, -0.25) is 0 Å². The fourth-order valence-corrected chi connectivity index (χ4v) is 2.92. The van der Waals surface area contributed by atoms with E-state index in [9.17, 15) is 5.11 Å². The van der Waals surface area contributed by atoms with Crippen molar-refractivity contribution in [3.8, 4) is 5.75 Å². The minimum atomic E-state index is -0.561. The monoisotopic (exact) mass is 282 g/mol. The first kappa shape index (κ1) is 14.7. The Morgan fingerprint density at radius 2 is 2.00 bits per heavy atom. The third-order valence-corrected chi connectivity index (χ3v) is 4.50. The molecule has 0 heterocycles. The Morgan fingerprint density at radius 1 is 1.26 bits per heavy atom. The molecule has 1 N–H and O–H groups in total. The fraction of sp³-hybridized carbons (Fsp3) is 0.625. The van der Waals surface area contributed by atoms with E-state index in [4.69, 9.17) is 16.3 Å². The van der Waals surface area contributed by atoms with Crippen LogP contribution in [0.5, 0.6) is 5.75 Å². The molecule has 0 radical (unpaired) electrons. The SMILES string of the molecule is CC1CCC(Oc2ccc(Cl)cc2[C@H](C)O)CC1C. The van der Waals surface area contributed by atoms with E-state index in [1.165, 1.54) is 6.42 Å². The summed E-state index contributed by atoms with van der Waals surface area (Å²) in [6.07, 6.45) is 3.08. The highest BCUT2D eigenvalue weighted by molar-refractivity contribution is 6.30. The highest BCUT2D eigenvalue weighted by Crippen LogP contribution is 2.34. The molecule has 0 aromatic heterocycles. The summed E-state index contributed by atoms with van der Waals surface area (Å²) in [4.78, 5) is 0. The van der Waals surface area contributed by atoms with Gasteiger partial charge in [0.15, 0.2) is 0 Å². The Kier molecular flexibility index (Phi) is 4.75. The maximum atomic E-state index is 9.81. The van der Waals surface area contributed by atoms with Crippen LogP contribution in [0.4, 0.5) is 0 Å². The van der Waals surface area contributed by atoms with E-state index in [-0.39, 0.29) is 6.10 Å². The molecule has 0 spiro atoms. The van der Waals surface area contributed by atoms with E-state index >= 15 is 0 Å². The van der Waals surface area contributed by atoms with Crippen molar-refractivity contribution in [2.24, 2.45) is 11.8 Å². The van der Waals surface area contributed by atoms with Gasteiger partial charge in [0.1, 0.15) is 5.75 Å². The first-order valence-corrected chi connectivity index (χ1v) is 7.49. The lowest BCUT2D eigenvalue weighted by Crippen LogP contribution is -2.29. The van der Waals surface area contributed by atoms with Gasteiger partial charge in [0, 0.05) is 10.6 Å². The molecule has 0 saturated heterocycles. The van der Waals surface area contributed by atoms with Gasteiger partial charge in [-0.1, -0.05) is 25.4 Å². The number of hydrogen-bond acceptors (Lipinski definition) is 2. The number of aliphatic hydroxyl groups is 1. The summed E-state index contributed by atoms with van der Waals surface area (Å²) < 4.78 is 6.10. The van der Waals surface area contributed by atoms with Crippen molar-refractivity contribution in [2.45, 2.75) is 52.2 Å². The lowest BCUT2D eigenvalue weighted by Gasteiger charge is -2.32. The van der Waals surface area contributed by atoms with Crippen molar-refractivity contribution < 1.29 is 9.84 Å². The number of ether oxygens (including phenoxy) is 1. The van der Waals surface area contributed by atoms with Crippen LogP contribution >= 0.6 is 11.6 Å². The molecule has 1 aromatic carbocycles. The lowest BCUT2D eigenvalue weighted by molar-refractivity contribution is 0.0957. The molecule has 0 amide bonds. The lowest BCUT2D eigenvalue weighted by atomic mass is 9.80. The number of rotatable bonds is 3. The molecule has 4 atom stereocenters. The molecule has 3 unspecified atom stereocenters. The maximum Gasteiger partial charge on any atom is 0.125 e. The van der Waals surface area contributed by atoms with Crippen LogP contribution in [0, 0.1) is 11.8 Å². The van der Waals surface area contributed by atoms with E-state index in [0.29, 0.717) is 10.9 Å². The number of aliphatic hydroxyl groups excluding tert-OH is 1. The Morgan fingerprint density at radius 3 is 2.63 bits per heavy atom. The van der Waals surface area contributed by atoms with Crippen molar-refractivity contribution in [3.05, 3.63) is 28.8 Å². The normalized spacial score (nSPS) is 29.0. The summed E-state index contributed by atoms with van der Waals surface area (Å²) in [5.41, 5.74) is 0.777. The summed E-state index contributed by atoms with van der Waals surface area (Å²) in [7, 11) is 0. The van der Waals surface area contributed by atoms with Gasteiger partial charge in [-0.25, -0.2) is 0 Å². The van der Waals surface area contributed by atoms with Gasteiger partial charge in [0.05, 0.1) is 12.2 Å². The second-order valence-electron chi connectivity index (χ2n) is 5.87. The minimum absolute atomic E-state index is 0.255. The van der Waals surface area contributed by atoms with Crippen molar-refractivity contribution in [1.29, 1.82) is 0 Å². The van der Waals surface area contributed by atoms with Crippen molar-refractivity contribution in [1.82, 2.24) is 0 Å². The fourth-order valence-electron chi connectivity index (χ4n) is 2.74. The average molecular weight is 283 g/mol. The molecular weight excluding hydrogens is 260 g/mol. The molecule has 106 valence electrons. The second kappa shape index (κ2) is 6.15. The van der Waals surface area contributed by atoms with E-state index in [1.807, 2.05) is 12.1 Å². The molecule has 19 heavy (non-hydrogen) atoms. The van der Waals surface area contributed by atoms with E-state index < -0.39 is 6.10 Å². The van der Waals surface area contributed by atoms with Crippen LogP contribution in [-0.4, -0.2) is 11.2 Å². The molecule has 2 nitrogen and oxygen atoms in total. The summed E-state index contributed by atoms with van der Waals surface area (Å²) >= 11 is 5.98. The first-order chi connectivity index (χ1) is 8.97. The summed E-state index contributed by atoms with van der Waals surface area (Å²) in [5, 5.41) is 10.4. The van der Waals surface area contributed by atoms with Crippen LogP contribution in [0.3, 0.4) is 0 Å². The molecule has 3 heteroatoms. The maximum absolute atomic E-state index is 9.81. The number of hydrogen-bond donors (Lipinski definition) is 1. The highest BCUT2D eigenvalue weighted by atomic mass is 35.5. The molecule has 1 saturated carbocycles. The van der Waals surface area contributed by atoms with Crippen molar-refractivity contribution >= 4 is 11.6 Å². The van der Waals surface area contributed by atoms with Crippen LogP contribution in [-0.2, 0) is 0 Å². The molecule has 2 rings (SSSR count). The second-order valence-corrected chi connectivity index (χ2v) is 6.30. The third kappa shape index (κ3) is 3.64. The zero-order chi connectivity index (χ0) is 14.0. The van der Waals surface area contributed by atoms with E-state index in [1.54, 1.807) is 13.0 Å². The van der Waals surface area contributed by atoms with E-state index in [2.05, 4.69) is 13.8 Å². The Balaban J connectivity index is 2.11. The van der Waals surface area contributed by atoms with Crippen LogP contribution in [0.25, 0.3) is 0 Å². The summed E-state index contributed by atoms with van der Waals surface area (Å²) in [5.74, 6) is 2.24. The predicted molar refractivity (Wildman–Crippen MR) is 78.7 cm³/mol. The Hall–Kier alpha value is -0.730. The van der Waals surface area contributed by atoms with E-state index in [0.717, 1.165) is 30.1 Å². The van der Waals surface area contributed by atoms with Gasteiger partial charge >= 0.3 is 0 Å². The van der Waals surface area contributed by atoms with Gasteiger partial charge in [-0.2, -0.15) is 0 Å². The largest absolute Gasteiger partial charge is 0.490 e. The Bertz CT molecular complexity index is 431. The molecule has 0 bridgehead atoms. The smallest absolute Gasteiger partial charge is 0.125 e. The zero-order valence-electron chi connectivity index (χ0n) is 11.9. The first-order valence-electron chi connectivity index (χ1n) is 7.11. The summed E-state index contributed by atoms with van der Waals surface area (Å²) in [6.45, 7) is 6.34. The molecule has 1 fully saturated rings. The van der Waals surface area contributed by atoms with Gasteiger partial charge in [0.2, 0.25) is 0 Å². The average Bonchev–Trinajstić information content (AvgIpc) is 2.36. The topological polar surface area (TPSA) is 29.5 Å². The van der Waals surface area contributed by atoms with Crippen LogP contribution in [0.1, 0.15) is 51.7 Å². The molecule has 1 aliphatic rings. The minimum Gasteiger partial charge on any atom is -0.490 e. The summed E-state index contributed by atoms with van der Waals surface area (Å²) in [6, 6.07) is 5.47. The molecule has 1 aliphatic carbocycles. The van der Waals surface area contributed by atoms with Crippen LogP contribution in [0.15, 0.2) is 18.2 Å². The van der Waals surface area contributed by atoms with Gasteiger partial charge in [-0.05, 0) is 56.2 Å². The van der Waals surface area contributed by atoms with Crippen molar-refractivity contribution in [2.75, 3.05) is 0 Å². The van der Waals surface area contributed by atoms with Gasteiger partial charge < -0.3 is 9.84 Å². The van der Waals surface area contributed by atoms with Crippen LogP contribution < -0.4 is 4.74 Å². The third-order valence-electron chi connectivity index (χ3n) is 4.27. The zero-order valence-corrected chi connectivity index (χ0v) is 12.7. The Labute approximate surface area is 120 Å². The molecule has 1 aromatic rings. The molecule has 0 aliphatic heterocycles. The van der Waals surface area contributed by atoms with Gasteiger partial charge in [0.25, 0.3) is 0 Å². The van der Waals surface area contributed by atoms with Crippen LogP contribution in [0.2, 0.25) is 5.02 Å². The molecular formula is C16H23ClO2. The standard InChI is InChI=1S/C16H23ClO2/c1-10-4-6-14(8-11(10)2)19-16-7-5-13(17)9-15(16)12(3)18/h5,7,9-12,14,18H,4,6,8H2,1-3H3/t10?,11?,12-,14?/m0/s1. The van der Waals surface area contributed by atoms with Gasteiger partial charge in [-0.15, -0.1) is 0 Å². The number of halogens is 1. The number of benzene rings is 1. The quantitative estimate of drug-likeness (QED) is 0.878. The highest BCUT2D eigenvalue weighted by Gasteiger charge is 2.26.